The molecule has 3 aromatic carbocycles. The molecule has 2 aliphatic heterocycles. The Morgan fingerprint density at radius 3 is 2.59 bits per heavy atom. The largest absolute Gasteiger partial charge is 0.464 e. The molecule has 0 aliphatic carbocycles. The fourth-order valence-electron chi connectivity index (χ4n) is 3.93. The fourth-order valence-corrected chi connectivity index (χ4v) is 4.11. The number of rotatable bonds is 3. The summed E-state index contributed by atoms with van der Waals surface area (Å²) in [6.45, 7) is 0. The topological polar surface area (TPSA) is 68.0 Å². The molecular formula is C22H16ClN3O3. The van der Waals surface area contributed by atoms with Gasteiger partial charge >= 0.3 is 0 Å². The molecule has 0 radical (unpaired) electrons. The molecule has 2 aliphatic rings. The van der Waals surface area contributed by atoms with E-state index in [1.807, 2.05) is 47.5 Å². The molecule has 6 nitrogen and oxygen atoms in total. The summed E-state index contributed by atoms with van der Waals surface area (Å²) in [6, 6.07) is 21.9. The van der Waals surface area contributed by atoms with Crippen molar-refractivity contribution in [2.24, 2.45) is 5.10 Å². The van der Waals surface area contributed by atoms with E-state index in [0.29, 0.717) is 22.8 Å². The van der Waals surface area contributed by atoms with Crippen molar-refractivity contribution < 1.29 is 9.66 Å². The number of nitrogens with zero attached hydrogens (tertiary/aromatic N) is 3. The maximum atomic E-state index is 11.6. The van der Waals surface area contributed by atoms with E-state index < -0.39 is 6.23 Å². The molecule has 7 heteroatoms. The number of nitro benzene ring substituents is 1. The predicted molar refractivity (Wildman–Crippen MR) is 110 cm³/mol. The van der Waals surface area contributed by atoms with Gasteiger partial charge in [-0.3, -0.25) is 10.1 Å². The van der Waals surface area contributed by atoms with Crippen molar-refractivity contribution >= 4 is 23.0 Å². The molecule has 2 atom stereocenters. The lowest BCUT2D eigenvalue weighted by Crippen LogP contribution is -2.34. The number of hydrogen-bond donors (Lipinski definition) is 0. The van der Waals surface area contributed by atoms with Gasteiger partial charge < -0.3 is 4.74 Å². The van der Waals surface area contributed by atoms with Crippen molar-refractivity contribution in [1.82, 2.24) is 5.01 Å². The average molecular weight is 406 g/mol. The lowest BCUT2D eigenvalue weighted by atomic mass is 9.95. The summed E-state index contributed by atoms with van der Waals surface area (Å²) in [4.78, 5) is 11.2. The number of para-hydroxylation sites is 1. The Bertz CT molecular complexity index is 1130. The minimum atomic E-state index is -0.698. The Balaban J connectivity index is 1.65. The molecule has 144 valence electrons. The first-order chi connectivity index (χ1) is 14.1. The highest BCUT2D eigenvalue weighted by Crippen LogP contribution is 2.49. The van der Waals surface area contributed by atoms with E-state index in [9.17, 15) is 10.1 Å². The second-order valence-corrected chi connectivity index (χ2v) is 7.42. The van der Waals surface area contributed by atoms with Gasteiger partial charge in [-0.15, -0.1) is 0 Å². The van der Waals surface area contributed by atoms with Gasteiger partial charge in [-0.1, -0.05) is 54.1 Å². The SMILES string of the molecule is O=[N+]([O-])c1ccccc1[C@H]1Oc2ccc(Cl)cc2[C@@H]2CC(c3ccccc3)=NN12. The summed E-state index contributed by atoms with van der Waals surface area (Å²) in [6.07, 6.45) is -0.0332. The van der Waals surface area contributed by atoms with Gasteiger partial charge in [0, 0.05) is 23.1 Å². The van der Waals surface area contributed by atoms with Gasteiger partial charge in [0.05, 0.1) is 22.2 Å². The summed E-state index contributed by atoms with van der Waals surface area (Å²) >= 11 is 6.24. The predicted octanol–water partition coefficient (Wildman–Crippen LogP) is 5.49. The molecule has 0 N–H and O–H groups in total. The highest BCUT2D eigenvalue weighted by molar-refractivity contribution is 6.30. The fraction of sp³-hybridized carbons (Fsp3) is 0.136. The molecule has 0 aromatic heterocycles. The van der Waals surface area contributed by atoms with Gasteiger partial charge in [0.15, 0.2) is 0 Å². The van der Waals surface area contributed by atoms with Crippen LogP contribution in [-0.2, 0) is 0 Å². The summed E-state index contributed by atoms with van der Waals surface area (Å²) in [5, 5.41) is 18.9. The Morgan fingerprint density at radius 2 is 1.79 bits per heavy atom. The van der Waals surface area contributed by atoms with Crippen LogP contribution in [0.2, 0.25) is 5.02 Å². The van der Waals surface area contributed by atoms with Crippen LogP contribution in [0.25, 0.3) is 0 Å². The van der Waals surface area contributed by atoms with Crippen molar-refractivity contribution in [2.45, 2.75) is 18.7 Å². The highest BCUT2D eigenvalue weighted by atomic mass is 35.5. The van der Waals surface area contributed by atoms with Gasteiger partial charge in [0.1, 0.15) is 5.75 Å². The lowest BCUT2D eigenvalue weighted by Gasteiger charge is -2.38. The molecular weight excluding hydrogens is 390 g/mol. The molecule has 0 spiro atoms. The van der Waals surface area contributed by atoms with Crippen molar-refractivity contribution in [2.75, 3.05) is 0 Å². The van der Waals surface area contributed by atoms with Gasteiger partial charge in [0.2, 0.25) is 6.23 Å². The van der Waals surface area contributed by atoms with Crippen LogP contribution < -0.4 is 4.74 Å². The Hall–Kier alpha value is -3.38. The molecule has 29 heavy (non-hydrogen) atoms. The second kappa shape index (κ2) is 6.90. The molecule has 0 saturated heterocycles. The highest BCUT2D eigenvalue weighted by Gasteiger charge is 2.43. The second-order valence-electron chi connectivity index (χ2n) is 6.98. The number of hydrazone groups is 1. The molecule has 0 unspecified atom stereocenters. The number of benzene rings is 3. The number of halogens is 1. The molecule has 0 fully saturated rings. The van der Waals surface area contributed by atoms with Gasteiger partial charge in [-0.2, -0.15) is 5.10 Å². The van der Waals surface area contributed by atoms with Gasteiger partial charge in [-0.25, -0.2) is 5.01 Å². The monoisotopic (exact) mass is 405 g/mol. The van der Waals surface area contributed by atoms with E-state index in [1.165, 1.54) is 6.07 Å². The molecule has 5 rings (SSSR count). The maximum absolute atomic E-state index is 11.6. The molecule has 3 aromatic rings. The Labute approximate surface area is 172 Å². The zero-order valence-corrected chi connectivity index (χ0v) is 16.0. The van der Waals surface area contributed by atoms with Crippen LogP contribution in [0.4, 0.5) is 5.69 Å². The first-order valence-corrected chi connectivity index (χ1v) is 9.60. The molecule has 0 saturated carbocycles. The summed E-state index contributed by atoms with van der Waals surface area (Å²) < 4.78 is 6.22. The van der Waals surface area contributed by atoms with E-state index >= 15 is 0 Å². The average Bonchev–Trinajstić information content (AvgIpc) is 3.20. The molecule has 2 heterocycles. The summed E-state index contributed by atoms with van der Waals surface area (Å²) in [7, 11) is 0. The van der Waals surface area contributed by atoms with Crippen LogP contribution in [0.1, 0.15) is 35.4 Å². The minimum Gasteiger partial charge on any atom is -0.464 e. The summed E-state index contributed by atoms with van der Waals surface area (Å²) in [5.41, 5.74) is 3.35. The van der Waals surface area contributed by atoms with E-state index in [-0.39, 0.29) is 16.7 Å². The Morgan fingerprint density at radius 1 is 1.03 bits per heavy atom. The van der Waals surface area contributed by atoms with Crippen molar-refractivity contribution in [1.29, 1.82) is 0 Å². The van der Waals surface area contributed by atoms with E-state index in [2.05, 4.69) is 0 Å². The molecule has 0 bridgehead atoms. The van der Waals surface area contributed by atoms with Crippen LogP contribution in [0, 0.1) is 10.1 Å². The minimum absolute atomic E-state index is 0.0111. The van der Waals surface area contributed by atoms with Crippen LogP contribution in [0.3, 0.4) is 0 Å². The van der Waals surface area contributed by atoms with E-state index in [4.69, 9.17) is 21.4 Å². The van der Waals surface area contributed by atoms with Crippen LogP contribution >= 0.6 is 11.6 Å². The number of ether oxygens (including phenoxy) is 1. The third-order valence-corrected chi connectivity index (χ3v) is 5.49. The lowest BCUT2D eigenvalue weighted by molar-refractivity contribution is -0.386. The first-order valence-electron chi connectivity index (χ1n) is 9.22. The number of hydrogen-bond acceptors (Lipinski definition) is 5. The Kier molecular flexibility index (Phi) is 4.21. The molecule has 0 amide bonds. The standard InChI is InChI=1S/C22H16ClN3O3/c23-15-10-11-21-17(12-15)20-13-18(14-6-2-1-3-7-14)24-25(20)22(29-21)16-8-4-5-9-19(16)26(27)28/h1-12,20,22H,13H2/t20-,22+/m0/s1. The third-order valence-electron chi connectivity index (χ3n) is 5.26. The normalized spacial score (nSPS) is 19.8. The zero-order valence-electron chi connectivity index (χ0n) is 15.2. The van der Waals surface area contributed by atoms with Crippen molar-refractivity contribution in [3.05, 3.63) is 105 Å². The van der Waals surface area contributed by atoms with Gasteiger partial charge in [0.25, 0.3) is 5.69 Å². The maximum Gasteiger partial charge on any atom is 0.278 e. The smallest absolute Gasteiger partial charge is 0.278 e. The quantitative estimate of drug-likeness (QED) is 0.426. The van der Waals surface area contributed by atoms with Crippen LogP contribution in [0.15, 0.2) is 77.9 Å². The van der Waals surface area contributed by atoms with Crippen molar-refractivity contribution in [3.8, 4) is 5.75 Å². The van der Waals surface area contributed by atoms with E-state index in [1.54, 1.807) is 24.3 Å². The summed E-state index contributed by atoms with van der Waals surface area (Å²) in [5.74, 6) is 0.670. The van der Waals surface area contributed by atoms with Gasteiger partial charge in [-0.05, 0) is 29.8 Å². The zero-order chi connectivity index (χ0) is 20.0. The van der Waals surface area contributed by atoms with Crippen LogP contribution in [-0.4, -0.2) is 15.6 Å². The van der Waals surface area contributed by atoms with Crippen LogP contribution in [0.5, 0.6) is 5.75 Å². The number of fused-ring (bicyclic) bond motifs is 3. The third kappa shape index (κ3) is 3.02. The first kappa shape index (κ1) is 17.7. The van der Waals surface area contributed by atoms with Crippen molar-refractivity contribution in [3.63, 3.8) is 0 Å². The van der Waals surface area contributed by atoms with E-state index in [0.717, 1.165) is 16.8 Å². The number of nitro groups is 1.